The third-order valence-corrected chi connectivity index (χ3v) is 3.95. The van der Waals surface area contributed by atoms with Crippen molar-refractivity contribution in [3.05, 3.63) is 46.6 Å². The number of halogens is 1. The molecule has 0 fully saturated rings. The van der Waals surface area contributed by atoms with Crippen molar-refractivity contribution in [2.75, 3.05) is 0 Å². The number of aromatic nitrogens is 2. The van der Waals surface area contributed by atoms with Crippen LogP contribution in [0.5, 0.6) is 0 Å². The lowest BCUT2D eigenvalue weighted by atomic mass is 10.2. The molecule has 3 rings (SSSR count). The molecule has 0 saturated carbocycles. The number of rotatable bonds is 3. The summed E-state index contributed by atoms with van der Waals surface area (Å²) in [7, 11) is 0. The van der Waals surface area contributed by atoms with Crippen LogP contribution < -0.4 is 0 Å². The quantitative estimate of drug-likeness (QED) is 0.805. The van der Waals surface area contributed by atoms with Crippen molar-refractivity contribution in [1.29, 1.82) is 0 Å². The van der Waals surface area contributed by atoms with Crippen molar-refractivity contribution in [3.8, 4) is 10.6 Å². The zero-order valence-electron chi connectivity index (χ0n) is 9.71. The van der Waals surface area contributed by atoms with E-state index < -0.39 is 5.97 Å². The molecule has 0 saturated heterocycles. The maximum atomic E-state index is 11.0. The number of fused-ring (bicyclic) bond motifs is 1. The van der Waals surface area contributed by atoms with Crippen molar-refractivity contribution in [2.24, 2.45) is 0 Å². The Morgan fingerprint density at radius 1 is 1.42 bits per heavy atom. The number of carboxylic acids is 1. The van der Waals surface area contributed by atoms with Gasteiger partial charge < -0.3 is 9.51 Å². The molecular formula is C13H9ClN2O2S. The van der Waals surface area contributed by atoms with Crippen LogP contribution in [0.15, 0.2) is 35.8 Å². The molecular weight excluding hydrogens is 284 g/mol. The van der Waals surface area contributed by atoms with Gasteiger partial charge in [-0.15, -0.1) is 11.3 Å². The Kier molecular flexibility index (Phi) is 3.00. The van der Waals surface area contributed by atoms with Crippen LogP contribution in [0.4, 0.5) is 0 Å². The molecule has 3 aromatic heterocycles. The Morgan fingerprint density at radius 2 is 2.26 bits per heavy atom. The minimum Gasteiger partial charge on any atom is -0.481 e. The average Bonchev–Trinajstić information content (AvgIpc) is 2.97. The Labute approximate surface area is 117 Å². The first-order valence-corrected chi connectivity index (χ1v) is 6.83. The second-order valence-corrected chi connectivity index (χ2v) is 5.36. The standard InChI is InChI=1S/C13H9ClN2O2S/c14-8-3-1-5-16-9(7-11(17)18)12(15-13(8)16)10-4-2-6-19-10/h1-6H,7H2,(H,17,18). The molecule has 0 radical (unpaired) electrons. The van der Waals surface area contributed by atoms with Gasteiger partial charge in [0, 0.05) is 6.20 Å². The fourth-order valence-electron chi connectivity index (χ4n) is 2.01. The van der Waals surface area contributed by atoms with Crippen molar-refractivity contribution in [3.63, 3.8) is 0 Å². The summed E-state index contributed by atoms with van der Waals surface area (Å²) in [5.41, 5.74) is 1.92. The van der Waals surface area contributed by atoms with Gasteiger partial charge in [-0.2, -0.15) is 0 Å². The van der Waals surface area contributed by atoms with E-state index in [-0.39, 0.29) is 6.42 Å². The van der Waals surface area contributed by atoms with Crippen LogP contribution >= 0.6 is 22.9 Å². The smallest absolute Gasteiger partial charge is 0.309 e. The van der Waals surface area contributed by atoms with Gasteiger partial charge in [0.15, 0.2) is 5.65 Å². The van der Waals surface area contributed by atoms with Gasteiger partial charge in [-0.1, -0.05) is 17.7 Å². The van der Waals surface area contributed by atoms with Crippen molar-refractivity contribution < 1.29 is 9.90 Å². The number of imidazole rings is 1. The van der Waals surface area contributed by atoms with E-state index in [1.165, 1.54) is 11.3 Å². The van der Waals surface area contributed by atoms with Crippen molar-refractivity contribution in [2.45, 2.75) is 6.42 Å². The van der Waals surface area contributed by atoms with Gasteiger partial charge in [0.2, 0.25) is 0 Å². The summed E-state index contributed by atoms with van der Waals surface area (Å²) in [6.45, 7) is 0. The number of hydrogen-bond acceptors (Lipinski definition) is 3. The molecule has 1 N–H and O–H groups in total. The second kappa shape index (κ2) is 4.68. The van der Waals surface area contributed by atoms with Crippen LogP contribution in [0.3, 0.4) is 0 Å². The van der Waals surface area contributed by atoms with Gasteiger partial charge in [-0.05, 0) is 23.6 Å². The molecule has 4 nitrogen and oxygen atoms in total. The van der Waals surface area contributed by atoms with Gasteiger partial charge >= 0.3 is 5.97 Å². The highest BCUT2D eigenvalue weighted by atomic mass is 35.5. The molecule has 0 atom stereocenters. The highest BCUT2D eigenvalue weighted by Crippen LogP contribution is 2.30. The van der Waals surface area contributed by atoms with Gasteiger partial charge in [0.05, 0.1) is 22.0 Å². The maximum absolute atomic E-state index is 11.0. The van der Waals surface area contributed by atoms with Gasteiger partial charge in [0.25, 0.3) is 0 Å². The molecule has 0 bridgehead atoms. The topological polar surface area (TPSA) is 54.6 Å². The molecule has 6 heteroatoms. The van der Waals surface area contributed by atoms with Crippen LogP contribution in [-0.2, 0) is 11.2 Å². The fourth-order valence-corrected chi connectivity index (χ4v) is 2.95. The summed E-state index contributed by atoms with van der Waals surface area (Å²) < 4.78 is 1.74. The molecule has 0 aliphatic heterocycles. The third kappa shape index (κ3) is 2.11. The van der Waals surface area contributed by atoms with Crippen LogP contribution in [0.2, 0.25) is 5.02 Å². The lowest BCUT2D eigenvalue weighted by Gasteiger charge is -2.01. The van der Waals surface area contributed by atoms with Crippen LogP contribution in [0.1, 0.15) is 5.69 Å². The van der Waals surface area contributed by atoms with E-state index in [1.807, 2.05) is 17.5 Å². The van der Waals surface area contributed by atoms with Crippen LogP contribution in [-0.4, -0.2) is 20.5 Å². The van der Waals surface area contributed by atoms with E-state index in [0.29, 0.717) is 22.1 Å². The molecule has 96 valence electrons. The zero-order chi connectivity index (χ0) is 13.4. The highest BCUT2D eigenvalue weighted by molar-refractivity contribution is 7.13. The third-order valence-electron chi connectivity index (χ3n) is 2.77. The SMILES string of the molecule is O=C(O)Cc1c(-c2cccs2)nc2c(Cl)cccn12. The molecule has 0 spiro atoms. The van der Waals surface area contributed by atoms with Crippen LogP contribution in [0.25, 0.3) is 16.2 Å². The highest BCUT2D eigenvalue weighted by Gasteiger charge is 2.18. The summed E-state index contributed by atoms with van der Waals surface area (Å²) in [6, 6.07) is 7.36. The lowest BCUT2D eigenvalue weighted by Crippen LogP contribution is -2.04. The first-order valence-electron chi connectivity index (χ1n) is 5.58. The summed E-state index contributed by atoms with van der Waals surface area (Å²) >= 11 is 7.64. The van der Waals surface area contributed by atoms with E-state index in [0.717, 1.165) is 4.88 Å². The van der Waals surface area contributed by atoms with Gasteiger partial charge in [0.1, 0.15) is 5.69 Å². The molecule has 0 aliphatic carbocycles. The number of thiophene rings is 1. The first kappa shape index (κ1) is 12.2. The van der Waals surface area contributed by atoms with E-state index in [4.69, 9.17) is 16.7 Å². The molecule has 3 heterocycles. The summed E-state index contributed by atoms with van der Waals surface area (Å²) in [4.78, 5) is 16.5. The molecule has 19 heavy (non-hydrogen) atoms. The number of pyridine rings is 1. The summed E-state index contributed by atoms with van der Waals surface area (Å²) in [5, 5.41) is 11.5. The predicted octanol–water partition coefficient (Wildman–Crippen LogP) is 3.34. The van der Waals surface area contributed by atoms with E-state index in [2.05, 4.69) is 4.98 Å². The maximum Gasteiger partial charge on any atom is 0.309 e. The lowest BCUT2D eigenvalue weighted by molar-refractivity contribution is -0.136. The number of carbonyl (C=O) groups is 1. The normalized spacial score (nSPS) is 11.0. The molecule has 0 aromatic carbocycles. The van der Waals surface area contributed by atoms with E-state index in [9.17, 15) is 4.79 Å². The van der Waals surface area contributed by atoms with E-state index >= 15 is 0 Å². The van der Waals surface area contributed by atoms with E-state index in [1.54, 1.807) is 22.7 Å². The minimum absolute atomic E-state index is 0.0885. The summed E-state index contributed by atoms with van der Waals surface area (Å²) in [5.74, 6) is -0.889. The minimum atomic E-state index is -0.889. The molecule has 0 aliphatic rings. The van der Waals surface area contributed by atoms with Gasteiger partial charge in [-0.3, -0.25) is 4.79 Å². The molecule has 3 aromatic rings. The average molecular weight is 293 g/mol. The van der Waals surface area contributed by atoms with Gasteiger partial charge in [-0.25, -0.2) is 4.98 Å². The summed E-state index contributed by atoms with van der Waals surface area (Å²) in [6.07, 6.45) is 1.69. The molecule has 0 amide bonds. The number of nitrogens with zero attached hydrogens (tertiary/aromatic N) is 2. The Morgan fingerprint density at radius 3 is 2.95 bits per heavy atom. The predicted molar refractivity (Wildman–Crippen MR) is 74.9 cm³/mol. The molecule has 0 unspecified atom stereocenters. The number of aliphatic carboxylic acids is 1. The first-order chi connectivity index (χ1) is 9.16. The van der Waals surface area contributed by atoms with Crippen molar-refractivity contribution >= 4 is 34.6 Å². The zero-order valence-corrected chi connectivity index (χ0v) is 11.3. The van der Waals surface area contributed by atoms with Crippen molar-refractivity contribution in [1.82, 2.24) is 9.38 Å². The monoisotopic (exact) mass is 292 g/mol. The Balaban J connectivity index is 2.31. The largest absolute Gasteiger partial charge is 0.481 e. The fraction of sp³-hybridized carbons (Fsp3) is 0.0769. The Hall–Kier alpha value is -1.85. The number of carboxylic acid groups (broad SMARTS) is 1. The second-order valence-electron chi connectivity index (χ2n) is 4.00. The van der Waals surface area contributed by atoms with Crippen LogP contribution in [0, 0.1) is 0 Å². The number of hydrogen-bond donors (Lipinski definition) is 1. The Bertz CT molecular complexity index is 749.